The summed E-state index contributed by atoms with van der Waals surface area (Å²) >= 11 is 0. The van der Waals surface area contributed by atoms with Gasteiger partial charge in [-0.2, -0.15) is 0 Å². The second kappa shape index (κ2) is 5.16. The predicted molar refractivity (Wildman–Crippen MR) is 69.9 cm³/mol. The molecule has 3 heteroatoms. The molecule has 0 fully saturated rings. The Hall–Kier alpha value is -2.29. The number of ether oxygens (including phenoxy) is 1. The van der Waals surface area contributed by atoms with E-state index in [1.54, 1.807) is 6.92 Å². The Morgan fingerprint density at radius 1 is 1.00 bits per heavy atom. The minimum Gasteiger partial charge on any atom is -0.455 e. The number of aliphatic imine (C=N–C) groups is 1. The van der Waals surface area contributed by atoms with E-state index < -0.39 is 0 Å². The van der Waals surface area contributed by atoms with Crippen LogP contribution in [0.3, 0.4) is 0 Å². The molecule has 0 aliphatic carbocycles. The van der Waals surface area contributed by atoms with Gasteiger partial charge in [0.25, 0.3) is 0 Å². The fourth-order valence-corrected chi connectivity index (χ4v) is 1.44. The average molecular weight is 226 g/mol. The number of nitrogens with two attached hydrogens (primary N) is 1. The van der Waals surface area contributed by atoms with Crippen molar-refractivity contribution >= 4 is 11.5 Å². The maximum atomic E-state index is 5.75. The van der Waals surface area contributed by atoms with Gasteiger partial charge in [-0.15, -0.1) is 0 Å². The lowest BCUT2D eigenvalue weighted by Gasteiger charge is -2.08. The third-order valence-electron chi connectivity index (χ3n) is 2.13. The van der Waals surface area contributed by atoms with Gasteiger partial charge >= 0.3 is 0 Å². The fourth-order valence-electron chi connectivity index (χ4n) is 1.44. The fraction of sp³-hybridized carbons (Fsp3) is 0.0714. The van der Waals surface area contributed by atoms with E-state index in [0.717, 1.165) is 11.4 Å². The maximum absolute atomic E-state index is 5.75. The van der Waals surface area contributed by atoms with Crippen LogP contribution in [0.25, 0.3) is 0 Å². The summed E-state index contributed by atoms with van der Waals surface area (Å²) in [6, 6.07) is 17.1. The standard InChI is InChI=1S/C14H14N2O/c1-11(15)16-13-9-5-6-10-14(13)17-12-7-3-2-4-8-12/h2-10H,1H3,(H2,15,16). The van der Waals surface area contributed by atoms with Gasteiger partial charge in [0.15, 0.2) is 5.75 Å². The van der Waals surface area contributed by atoms with Crippen LogP contribution in [0.1, 0.15) is 6.92 Å². The molecule has 0 aliphatic heterocycles. The number of amidine groups is 1. The van der Waals surface area contributed by atoms with Gasteiger partial charge in [0.2, 0.25) is 0 Å². The van der Waals surface area contributed by atoms with E-state index >= 15 is 0 Å². The number of hydrogen-bond acceptors (Lipinski definition) is 2. The molecular formula is C14H14N2O. The van der Waals surface area contributed by atoms with Crippen LogP contribution in [0.15, 0.2) is 59.6 Å². The zero-order chi connectivity index (χ0) is 12.1. The largest absolute Gasteiger partial charge is 0.455 e. The summed E-state index contributed by atoms with van der Waals surface area (Å²) in [5.41, 5.74) is 6.31. The number of nitrogens with zero attached hydrogens (tertiary/aromatic N) is 1. The van der Waals surface area contributed by atoms with Crippen molar-refractivity contribution in [1.82, 2.24) is 0 Å². The molecule has 0 radical (unpaired) electrons. The third kappa shape index (κ3) is 3.08. The van der Waals surface area contributed by atoms with Gasteiger partial charge in [-0.1, -0.05) is 30.3 Å². The molecule has 0 saturated carbocycles. The Morgan fingerprint density at radius 2 is 1.65 bits per heavy atom. The van der Waals surface area contributed by atoms with Gasteiger partial charge in [-0.3, -0.25) is 0 Å². The summed E-state index contributed by atoms with van der Waals surface area (Å²) in [4.78, 5) is 4.23. The topological polar surface area (TPSA) is 47.6 Å². The highest BCUT2D eigenvalue weighted by molar-refractivity contribution is 5.81. The Balaban J connectivity index is 2.30. The summed E-state index contributed by atoms with van der Waals surface area (Å²) in [6.45, 7) is 1.75. The number of hydrogen-bond donors (Lipinski definition) is 1. The van der Waals surface area contributed by atoms with E-state index in [9.17, 15) is 0 Å². The van der Waals surface area contributed by atoms with Crippen molar-refractivity contribution in [2.45, 2.75) is 6.92 Å². The van der Waals surface area contributed by atoms with E-state index in [1.807, 2.05) is 54.6 Å². The van der Waals surface area contributed by atoms with Gasteiger partial charge in [0.1, 0.15) is 11.4 Å². The van der Waals surface area contributed by atoms with Gasteiger partial charge in [-0.05, 0) is 31.2 Å². The smallest absolute Gasteiger partial charge is 0.153 e. The Labute approximate surface area is 101 Å². The number of benzene rings is 2. The SMILES string of the molecule is CC(N)=Nc1ccccc1Oc1ccccc1. The molecule has 0 amide bonds. The summed E-state index contributed by atoms with van der Waals surface area (Å²) in [5, 5.41) is 0. The minimum atomic E-state index is 0.508. The molecule has 0 unspecified atom stereocenters. The molecule has 0 saturated heterocycles. The first-order valence-electron chi connectivity index (χ1n) is 5.38. The van der Waals surface area contributed by atoms with Crippen molar-refractivity contribution in [3.8, 4) is 11.5 Å². The van der Waals surface area contributed by atoms with Crippen molar-refractivity contribution in [2.75, 3.05) is 0 Å². The van der Waals surface area contributed by atoms with Crippen molar-refractivity contribution in [3.63, 3.8) is 0 Å². The predicted octanol–water partition coefficient (Wildman–Crippen LogP) is 3.49. The second-order valence-electron chi connectivity index (χ2n) is 3.64. The summed E-state index contributed by atoms with van der Waals surface area (Å²) < 4.78 is 5.75. The van der Waals surface area contributed by atoms with Gasteiger partial charge in [-0.25, -0.2) is 4.99 Å². The van der Waals surface area contributed by atoms with Crippen LogP contribution in [0.4, 0.5) is 5.69 Å². The highest BCUT2D eigenvalue weighted by Gasteiger charge is 2.02. The quantitative estimate of drug-likeness (QED) is 0.643. The molecule has 3 nitrogen and oxygen atoms in total. The first kappa shape index (κ1) is 11.2. The number of rotatable bonds is 3. The Morgan fingerprint density at radius 3 is 2.35 bits per heavy atom. The van der Waals surface area contributed by atoms with Crippen LogP contribution in [-0.4, -0.2) is 5.84 Å². The van der Waals surface area contributed by atoms with Crippen LogP contribution in [0, 0.1) is 0 Å². The molecule has 0 atom stereocenters. The molecule has 0 aromatic heterocycles. The Kier molecular flexibility index (Phi) is 3.40. The van der Waals surface area contributed by atoms with E-state index in [1.165, 1.54) is 0 Å². The number of para-hydroxylation sites is 3. The van der Waals surface area contributed by atoms with Crippen molar-refractivity contribution in [3.05, 3.63) is 54.6 Å². The molecule has 2 rings (SSSR count). The van der Waals surface area contributed by atoms with Crippen molar-refractivity contribution in [1.29, 1.82) is 0 Å². The summed E-state index contributed by atoms with van der Waals surface area (Å²) in [5.74, 6) is 1.99. The molecule has 0 bridgehead atoms. The van der Waals surface area contributed by atoms with Gasteiger partial charge in [0, 0.05) is 0 Å². The van der Waals surface area contributed by atoms with E-state index in [4.69, 9.17) is 10.5 Å². The highest BCUT2D eigenvalue weighted by Crippen LogP contribution is 2.31. The molecule has 17 heavy (non-hydrogen) atoms. The lowest BCUT2D eigenvalue weighted by molar-refractivity contribution is 0.484. The molecule has 0 heterocycles. The molecule has 0 spiro atoms. The maximum Gasteiger partial charge on any atom is 0.153 e. The molecule has 86 valence electrons. The van der Waals surface area contributed by atoms with E-state index in [2.05, 4.69) is 4.99 Å². The minimum absolute atomic E-state index is 0.508. The molecule has 2 aromatic carbocycles. The monoisotopic (exact) mass is 226 g/mol. The highest BCUT2D eigenvalue weighted by atomic mass is 16.5. The second-order valence-corrected chi connectivity index (χ2v) is 3.64. The summed E-state index contributed by atoms with van der Waals surface area (Å²) in [7, 11) is 0. The van der Waals surface area contributed by atoms with E-state index in [-0.39, 0.29) is 0 Å². The third-order valence-corrected chi connectivity index (χ3v) is 2.13. The Bertz CT molecular complexity index is 517. The van der Waals surface area contributed by atoms with Gasteiger partial charge < -0.3 is 10.5 Å². The molecule has 0 aliphatic rings. The molecular weight excluding hydrogens is 212 g/mol. The van der Waals surface area contributed by atoms with Crippen molar-refractivity contribution in [2.24, 2.45) is 10.7 Å². The normalized spacial score (nSPS) is 11.2. The first-order valence-corrected chi connectivity index (χ1v) is 5.38. The van der Waals surface area contributed by atoms with E-state index in [0.29, 0.717) is 11.6 Å². The van der Waals surface area contributed by atoms with Crippen LogP contribution in [0.2, 0.25) is 0 Å². The van der Waals surface area contributed by atoms with Crippen molar-refractivity contribution < 1.29 is 4.74 Å². The van der Waals surface area contributed by atoms with Crippen LogP contribution < -0.4 is 10.5 Å². The molecule has 2 aromatic rings. The summed E-state index contributed by atoms with van der Waals surface area (Å²) in [6.07, 6.45) is 0. The lowest BCUT2D eigenvalue weighted by atomic mass is 10.3. The van der Waals surface area contributed by atoms with Crippen LogP contribution >= 0.6 is 0 Å². The lowest BCUT2D eigenvalue weighted by Crippen LogP contribution is -2.03. The average Bonchev–Trinajstić information content (AvgIpc) is 2.32. The zero-order valence-corrected chi connectivity index (χ0v) is 9.63. The van der Waals surface area contributed by atoms with Gasteiger partial charge in [0.05, 0.1) is 5.84 Å². The molecule has 2 N–H and O–H groups in total. The van der Waals surface area contributed by atoms with Crippen LogP contribution in [0.5, 0.6) is 11.5 Å². The van der Waals surface area contributed by atoms with Crippen LogP contribution in [-0.2, 0) is 0 Å². The first-order chi connectivity index (χ1) is 8.25. The zero-order valence-electron chi connectivity index (χ0n) is 9.63.